The van der Waals surface area contributed by atoms with Crippen molar-refractivity contribution in [1.29, 1.82) is 0 Å². The lowest BCUT2D eigenvalue weighted by molar-refractivity contribution is 0.332. The molecule has 0 amide bonds. The number of rotatable bonds is 14. The smallest absolute Gasteiger partial charge is 0.486 e. The first kappa shape index (κ1) is 23.5. The van der Waals surface area contributed by atoms with E-state index in [1.54, 1.807) is 0 Å². The molecule has 4 aliphatic heterocycles. The molecule has 2 aromatic carbocycles. The summed E-state index contributed by atoms with van der Waals surface area (Å²) in [6.07, 6.45) is 17.5. The Morgan fingerprint density at radius 2 is 1.08 bits per heavy atom. The van der Waals surface area contributed by atoms with Gasteiger partial charge in [0.1, 0.15) is 5.75 Å². The molecule has 0 saturated heterocycles. The molecule has 4 heterocycles. The molecule has 4 bridgehead atoms. The SMILES string of the molecule is CCCCCCCCC1(CCCCCCCC)c2ccc3c4c2-c2c(c5c6c(c21)OB(O5)O6)OB(O3)O4. The number of hydrogen-bond donors (Lipinski definition) is 0. The first-order valence-electron chi connectivity index (χ1n) is 14.7. The van der Waals surface area contributed by atoms with Crippen molar-refractivity contribution in [2.45, 2.75) is 109 Å². The van der Waals surface area contributed by atoms with Crippen LogP contribution in [0.15, 0.2) is 12.1 Å². The minimum atomic E-state index is -0.805. The van der Waals surface area contributed by atoms with Crippen LogP contribution < -0.4 is 27.9 Å². The van der Waals surface area contributed by atoms with Gasteiger partial charge in [0.15, 0.2) is 28.7 Å². The lowest BCUT2D eigenvalue weighted by Gasteiger charge is -2.34. The van der Waals surface area contributed by atoms with Gasteiger partial charge in [0.2, 0.25) is 0 Å². The van der Waals surface area contributed by atoms with Crippen LogP contribution in [0.2, 0.25) is 0 Å². The summed E-state index contributed by atoms with van der Waals surface area (Å²) in [5.41, 5.74) is 4.58. The molecule has 1 aliphatic carbocycles. The predicted octanol–water partition coefficient (Wildman–Crippen LogP) is 7.75. The van der Waals surface area contributed by atoms with E-state index in [0.29, 0.717) is 17.2 Å². The molecule has 0 atom stereocenters. The first-order chi connectivity index (χ1) is 18.2. The van der Waals surface area contributed by atoms with Crippen LogP contribution in [0, 0.1) is 0 Å². The molecule has 0 fully saturated rings. The molecule has 0 spiro atoms. The number of hydrogen-bond acceptors (Lipinski definition) is 6. The van der Waals surface area contributed by atoms with E-state index in [-0.39, 0.29) is 5.41 Å². The van der Waals surface area contributed by atoms with E-state index in [4.69, 9.17) is 27.9 Å². The van der Waals surface area contributed by atoms with Crippen molar-refractivity contribution >= 4 is 14.6 Å². The Hall–Kier alpha value is -2.63. The highest BCUT2D eigenvalue weighted by atomic mass is 16.8. The van der Waals surface area contributed by atoms with Crippen LogP contribution in [0.3, 0.4) is 0 Å². The third kappa shape index (κ3) is 3.54. The second-order valence-corrected chi connectivity index (χ2v) is 11.3. The normalized spacial score (nSPS) is 17.1. The van der Waals surface area contributed by atoms with Crippen molar-refractivity contribution < 1.29 is 27.9 Å². The first-order valence-corrected chi connectivity index (χ1v) is 14.7. The number of benzene rings is 2. The summed E-state index contributed by atoms with van der Waals surface area (Å²) < 4.78 is 36.8. The molecule has 0 N–H and O–H groups in total. The third-order valence-electron chi connectivity index (χ3n) is 8.90. The molecule has 37 heavy (non-hydrogen) atoms. The number of fused-ring (bicyclic) bond motifs is 4. The van der Waals surface area contributed by atoms with E-state index in [0.717, 1.165) is 41.2 Å². The van der Waals surface area contributed by atoms with Gasteiger partial charge in [-0.3, -0.25) is 0 Å². The maximum absolute atomic E-state index is 6.33. The summed E-state index contributed by atoms with van der Waals surface area (Å²) >= 11 is 0. The lowest BCUT2D eigenvalue weighted by atomic mass is 9.70. The Bertz CT molecular complexity index is 1200. The molecule has 7 rings (SSSR count). The van der Waals surface area contributed by atoms with Crippen molar-refractivity contribution in [3.8, 4) is 45.6 Å². The molecule has 8 heteroatoms. The average Bonchev–Trinajstić information content (AvgIpc) is 3.64. The summed E-state index contributed by atoms with van der Waals surface area (Å²) in [5.74, 6) is 4.42. The van der Waals surface area contributed by atoms with Crippen LogP contribution in [0.5, 0.6) is 34.5 Å². The molecule has 0 saturated carbocycles. The van der Waals surface area contributed by atoms with Gasteiger partial charge in [-0.25, -0.2) is 0 Å². The molecule has 0 radical (unpaired) electrons. The molecular weight excluding hydrogens is 466 g/mol. The highest BCUT2D eigenvalue weighted by Crippen LogP contribution is 2.71. The minimum absolute atomic E-state index is 0.162. The van der Waals surface area contributed by atoms with Crippen molar-refractivity contribution in [2.24, 2.45) is 0 Å². The van der Waals surface area contributed by atoms with E-state index in [9.17, 15) is 0 Å². The molecular formula is C29H36B2O6. The van der Waals surface area contributed by atoms with E-state index >= 15 is 0 Å². The van der Waals surface area contributed by atoms with Gasteiger partial charge in [0.25, 0.3) is 0 Å². The summed E-state index contributed by atoms with van der Waals surface area (Å²) in [4.78, 5) is 0. The molecule has 0 aromatic heterocycles. The minimum Gasteiger partial charge on any atom is -0.486 e. The Morgan fingerprint density at radius 3 is 1.78 bits per heavy atom. The van der Waals surface area contributed by atoms with E-state index in [1.165, 1.54) is 88.2 Å². The zero-order valence-corrected chi connectivity index (χ0v) is 22.2. The van der Waals surface area contributed by atoms with Crippen LogP contribution in [-0.2, 0) is 5.41 Å². The van der Waals surface area contributed by atoms with Gasteiger partial charge in [-0.15, -0.1) is 0 Å². The Labute approximate surface area is 220 Å². The maximum Gasteiger partial charge on any atom is 0.864 e. The zero-order chi connectivity index (χ0) is 25.0. The van der Waals surface area contributed by atoms with Gasteiger partial charge >= 0.3 is 14.6 Å². The fourth-order valence-electron chi connectivity index (χ4n) is 7.14. The molecule has 2 aromatic rings. The topological polar surface area (TPSA) is 55.4 Å². The Balaban J connectivity index is 1.31. The fourth-order valence-corrected chi connectivity index (χ4v) is 7.14. The molecule has 194 valence electrons. The number of unbranched alkanes of at least 4 members (excludes halogenated alkanes) is 10. The monoisotopic (exact) mass is 502 g/mol. The van der Waals surface area contributed by atoms with E-state index in [2.05, 4.69) is 26.0 Å². The van der Waals surface area contributed by atoms with Gasteiger partial charge in [-0.2, -0.15) is 0 Å². The zero-order valence-electron chi connectivity index (χ0n) is 22.2. The second-order valence-electron chi connectivity index (χ2n) is 11.3. The second kappa shape index (κ2) is 9.28. The van der Waals surface area contributed by atoms with Gasteiger partial charge in [-0.1, -0.05) is 97.0 Å². The third-order valence-corrected chi connectivity index (χ3v) is 8.90. The quantitative estimate of drug-likeness (QED) is 0.195. The van der Waals surface area contributed by atoms with Crippen LogP contribution in [0.4, 0.5) is 0 Å². The van der Waals surface area contributed by atoms with Crippen LogP contribution in [-0.4, -0.2) is 14.6 Å². The summed E-state index contributed by atoms with van der Waals surface area (Å²) in [6, 6.07) is 4.35. The molecule has 6 nitrogen and oxygen atoms in total. The van der Waals surface area contributed by atoms with E-state index < -0.39 is 14.6 Å². The van der Waals surface area contributed by atoms with Crippen LogP contribution >= 0.6 is 0 Å². The van der Waals surface area contributed by atoms with Crippen molar-refractivity contribution in [2.75, 3.05) is 0 Å². The van der Waals surface area contributed by atoms with Gasteiger partial charge in [0.05, 0.1) is 0 Å². The Kier molecular flexibility index (Phi) is 5.89. The van der Waals surface area contributed by atoms with Crippen LogP contribution in [0.25, 0.3) is 11.1 Å². The molecule has 5 aliphatic rings. The highest BCUT2D eigenvalue weighted by Gasteiger charge is 2.60. The van der Waals surface area contributed by atoms with Gasteiger partial charge in [0, 0.05) is 22.1 Å². The van der Waals surface area contributed by atoms with Crippen molar-refractivity contribution in [3.05, 3.63) is 23.3 Å². The van der Waals surface area contributed by atoms with E-state index in [1.807, 2.05) is 0 Å². The van der Waals surface area contributed by atoms with Crippen molar-refractivity contribution in [1.82, 2.24) is 0 Å². The lowest BCUT2D eigenvalue weighted by Crippen LogP contribution is -2.34. The summed E-state index contributed by atoms with van der Waals surface area (Å²) in [6.45, 7) is 4.55. The average molecular weight is 502 g/mol. The standard InChI is InChI=1S/C29H36B2O6/c1-3-5-7-9-11-13-17-29(18-14-12-10-8-6-4-2)19-15-16-20-24-21(19)22-23(29)26-28-27(36-31(35-26)37-28)25(22)34-30(32-20)33-24/h15-16H,3-14,17-18H2,1-2H3. The summed E-state index contributed by atoms with van der Waals surface area (Å²) in [5, 5.41) is 0. The molecule has 0 unspecified atom stereocenters. The largest absolute Gasteiger partial charge is 0.864 e. The Morgan fingerprint density at radius 1 is 0.541 bits per heavy atom. The van der Waals surface area contributed by atoms with Gasteiger partial charge < -0.3 is 27.9 Å². The van der Waals surface area contributed by atoms with Crippen LogP contribution in [0.1, 0.15) is 115 Å². The van der Waals surface area contributed by atoms with Crippen molar-refractivity contribution in [3.63, 3.8) is 0 Å². The maximum atomic E-state index is 6.33. The van der Waals surface area contributed by atoms with Gasteiger partial charge in [-0.05, 0) is 24.5 Å². The highest BCUT2D eigenvalue weighted by molar-refractivity contribution is 6.45. The summed E-state index contributed by atoms with van der Waals surface area (Å²) in [7, 11) is -1.53. The fraction of sp³-hybridized carbons (Fsp3) is 0.586. The predicted molar refractivity (Wildman–Crippen MR) is 144 cm³/mol.